The molecule has 2 heteroatoms. The molecule has 0 aliphatic carbocycles. The molecule has 0 aromatic rings. The molecule has 2 nitrogen and oxygen atoms in total. The fraction of sp³-hybridized carbons (Fsp3) is 1.00. The van der Waals surface area contributed by atoms with Gasteiger partial charge in [-0.1, -0.05) is 6.92 Å². The Morgan fingerprint density at radius 3 is 2.91 bits per heavy atom. The quantitative estimate of drug-likeness (QED) is 0.643. The minimum Gasteiger partial charge on any atom is -0.314 e. The van der Waals surface area contributed by atoms with Gasteiger partial charge < -0.3 is 5.32 Å². The Labute approximate surface area is 70.0 Å². The van der Waals surface area contributed by atoms with Crippen molar-refractivity contribution in [2.75, 3.05) is 19.6 Å². The Morgan fingerprint density at radius 2 is 2.36 bits per heavy atom. The van der Waals surface area contributed by atoms with Crippen molar-refractivity contribution in [3.05, 3.63) is 0 Å². The van der Waals surface area contributed by atoms with Crippen LogP contribution < -0.4 is 5.32 Å². The Hall–Kier alpha value is -0.0800. The molecule has 0 spiro atoms. The van der Waals surface area contributed by atoms with Crippen molar-refractivity contribution in [2.45, 2.75) is 39.3 Å². The Balaban J connectivity index is 2.40. The number of hydrogen-bond donors (Lipinski definition) is 1. The number of rotatable bonds is 2. The van der Waals surface area contributed by atoms with Crippen LogP contribution in [0.25, 0.3) is 0 Å². The van der Waals surface area contributed by atoms with Gasteiger partial charge in [0, 0.05) is 31.7 Å². The van der Waals surface area contributed by atoms with Gasteiger partial charge in [-0.05, 0) is 20.3 Å². The third-order valence-corrected chi connectivity index (χ3v) is 2.71. The summed E-state index contributed by atoms with van der Waals surface area (Å²) in [6.07, 6.45) is 1.27. The van der Waals surface area contributed by atoms with E-state index in [1.54, 1.807) is 0 Å². The third-order valence-electron chi connectivity index (χ3n) is 2.71. The molecule has 1 aliphatic rings. The first kappa shape index (κ1) is 9.01. The van der Waals surface area contributed by atoms with Crippen LogP contribution in [0, 0.1) is 0 Å². The molecule has 0 aromatic heterocycles. The summed E-state index contributed by atoms with van der Waals surface area (Å²) in [5, 5.41) is 3.40. The molecule has 0 saturated carbocycles. The van der Waals surface area contributed by atoms with E-state index in [2.05, 4.69) is 31.0 Å². The maximum absolute atomic E-state index is 3.40. The third kappa shape index (κ3) is 2.17. The summed E-state index contributed by atoms with van der Waals surface area (Å²) in [6, 6.07) is 1.48. The molecular formula is C9H20N2. The lowest BCUT2D eigenvalue weighted by Gasteiger charge is -2.38. The Morgan fingerprint density at radius 1 is 1.64 bits per heavy atom. The lowest BCUT2D eigenvalue weighted by molar-refractivity contribution is 0.123. The topological polar surface area (TPSA) is 15.3 Å². The monoisotopic (exact) mass is 156 g/mol. The SMILES string of the molecule is CC[C@H](C)N1CCNC[C@H]1C. The van der Waals surface area contributed by atoms with Crippen LogP contribution in [0.4, 0.5) is 0 Å². The molecule has 0 radical (unpaired) electrons. The molecule has 0 amide bonds. The van der Waals surface area contributed by atoms with Gasteiger partial charge in [-0.3, -0.25) is 4.90 Å². The highest BCUT2D eigenvalue weighted by molar-refractivity contribution is 4.79. The smallest absolute Gasteiger partial charge is 0.0195 e. The van der Waals surface area contributed by atoms with Gasteiger partial charge in [-0.25, -0.2) is 0 Å². The normalized spacial score (nSPS) is 30.3. The molecule has 1 rings (SSSR count). The number of nitrogens with zero attached hydrogens (tertiary/aromatic N) is 1. The van der Waals surface area contributed by atoms with Crippen molar-refractivity contribution >= 4 is 0 Å². The molecule has 1 saturated heterocycles. The fourth-order valence-corrected chi connectivity index (χ4v) is 1.75. The van der Waals surface area contributed by atoms with Crippen LogP contribution in [-0.4, -0.2) is 36.6 Å². The van der Waals surface area contributed by atoms with E-state index in [0.29, 0.717) is 0 Å². The Kier molecular flexibility index (Phi) is 3.34. The summed E-state index contributed by atoms with van der Waals surface area (Å²) in [4.78, 5) is 2.59. The molecule has 1 aliphatic heterocycles. The molecule has 1 N–H and O–H groups in total. The van der Waals surface area contributed by atoms with Crippen molar-refractivity contribution in [3.63, 3.8) is 0 Å². The first-order valence-corrected chi connectivity index (χ1v) is 4.72. The van der Waals surface area contributed by atoms with E-state index in [9.17, 15) is 0 Å². The zero-order chi connectivity index (χ0) is 8.27. The molecular weight excluding hydrogens is 136 g/mol. The average molecular weight is 156 g/mol. The van der Waals surface area contributed by atoms with Gasteiger partial charge in [0.25, 0.3) is 0 Å². The summed E-state index contributed by atoms with van der Waals surface area (Å²) < 4.78 is 0. The van der Waals surface area contributed by atoms with Crippen LogP contribution >= 0.6 is 0 Å². The van der Waals surface area contributed by atoms with Gasteiger partial charge in [-0.2, -0.15) is 0 Å². The molecule has 0 aromatic carbocycles. The van der Waals surface area contributed by atoms with E-state index in [0.717, 1.165) is 25.2 Å². The summed E-state index contributed by atoms with van der Waals surface area (Å²) in [5.41, 5.74) is 0. The van der Waals surface area contributed by atoms with Crippen molar-refractivity contribution in [1.29, 1.82) is 0 Å². The van der Waals surface area contributed by atoms with E-state index in [-0.39, 0.29) is 0 Å². The highest BCUT2D eigenvalue weighted by Crippen LogP contribution is 2.09. The number of piperazine rings is 1. The van der Waals surface area contributed by atoms with Crippen LogP contribution in [0.15, 0.2) is 0 Å². The van der Waals surface area contributed by atoms with Crippen LogP contribution in [0.5, 0.6) is 0 Å². The van der Waals surface area contributed by atoms with Crippen molar-refractivity contribution in [2.24, 2.45) is 0 Å². The van der Waals surface area contributed by atoms with Crippen LogP contribution in [0.1, 0.15) is 27.2 Å². The largest absolute Gasteiger partial charge is 0.314 e. The van der Waals surface area contributed by atoms with E-state index >= 15 is 0 Å². The first-order valence-electron chi connectivity index (χ1n) is 4.72. The summed E-state index contributed by atoms with van der Waals surface area (Å²) in [6.45, 7) is 10.4. The van der Waals surface area contributed by atoms with Gasteiger partial charge in [-0.15, -0.1) is 0 Å². The van der Waals surface area contributed by atoms with E-state index < -0.39 is 0 Å². The molecule has 11 heavy (non-hydrogen) atoms. The zero-order valence-electron chi connectivity index (χ0n) is 7.93. The van der Waals surface area contributed by atoms with E-state index in [1.807, 2.05) is 0 Å². The average Bonchev–Trinajstić information content (AvgIpc) is 2.04. The highest BCUT2D eigenvalue weighted by atomic mass is 15.2. The predicted molar refractivity (Wildman–Crippen MR) is 48.8 cm³/mol. The summed E-state index contributed by atoms with van der Waals surface area (Å²) >= 11 is 0. The molecule has 1 fully saturated rings. The van der Waals surface area contributed by atoms with E-state index in [4.69, 9.17) is 0 Å². The van der Waals surface area contributed by atoms with Crippen molar-refractivity contribution in [3.8, 4) is 0 Å². The minimum atomic E-state index is 0.721. The molecule has 1 heterocycles. The van der Waals surface area contributed by atoms with Crippen molar-refractivity contribution < 1.29 is 0 Å². The summed E-state index contributed by atoms with van der Waals surface area (Å²) in [7, 11) is 0. The lowest BCUT2D eigenvalue weighted by atomic mass is 10.1. The highest BCUT2D eigenvalue weighted by Gasteiger charge is 2.20. The van der Waals surface area contributed by atoms with E-state index in [1.165, 1.54) is 13.0 Å². The van der Waals surface area contributed by atoms with Gasteiger partial charge >= 0.3 is 0 Å². The molecule has 0 bridgehead atoms. The second-order valence-electron chi connectivity index (χ2n) is 3.55. The van der Waals surface area contributed by atoms with Gasteiger partial charge in [0.1, 0.15) is 0 Å². The lowest BCUT2D eigenvalue weighted by Crippen LogP contribution is -2.52. The maximum atomic E-state index is 3.40. The molecule has 0 unspecified atom stereocenters. The van der Waals surface area contributed by atoms with Crippen LogP contribution in [0.3, 0.4) is 0 Å². The molecule has 66 valence electrons. The van der Waals surface area contributed by atoms with Gasteiger partial charge in [0.2, 0.25) is 0 Å². The molecule has 2 atom stereocenters. The second kappa shape index (κ2) is 4.07. The standard InChI is InChI=1S/C9H20N2/c1-4-8(2)11-6-5-10-7-9(11)3/h8-10H,4-7H2,1-3H3/t8-,9+/m0/s1. The zero-order valence-corrected chi connectivity index (χ0v) is 7.93. The van der Waals surface area contributed by atoms with Crippen LogP contribution in [0.2, 0.25) is 0 Å². The predicted octanol–water partition coefficient (Wildman–Crippen LogP) is 1.08. The second-order valence-corrected chi connectivity index (χ2v) is 3.55. The first-order chi connectivity index (χ1) is 5.25. The minimum absolute atomic E-state index is 0.721. The van der Waals surface area contributed by atoms with Gasteiger partial charge in [0.15, 0.2) is 0 Å². The fourth-order valence-electron chi connectivity index (χ4n) is 1.75. The maximum Gasteiger partial charge on any atom is 0.0195 e. The van der Waals surface area contributed by atoms with Gasteiger partial charge in [0.05, 0.1) is 0 Å². The number of nitrogens with one attached hydrogen (secondary N) is 1. The summed E-state index contributed by atoms with van der Waals surface area (Å²) in [5.74, 6) is 0. The van der Waals surface area contributed by atoms with Crippen LogP contribution in [-0.2, 0) is 0 Å². The number of hydrogen-bond acceptors (Lipinski definition) is 2. The van der Waals surface area contributed by atoms with Crippen molar-refractivity contribution in [1.82, 2.24) is 10.2 Å². The Bertz CT molecular complexity index is 110.